The predicted molar refractivity (Wildman–Crippen MR) is 65.9 cm³/mol. The van der Waals surface area contributed by atoms with Crippen molar-refractivity contribution in [2.45, 2.75) is 30.8 Å². The van der Waals surface area contributed by atoms with E-state index in [0.717, 1.165) is 16.9 Å². The van der Waals surface area contributed by atoms with Crippen molar-refractivity contribution in [3.8, 4) is 11.8 Å². The van der Waals surface area contributed by atoms with Crippen LogP contribution >= 0.6 is 11.8 Å². The second-order valence-corrected chi connectivity index (χ2v) is 4.07. The molecule has 1 unspecified atom stereocenters. The average Bonchev–Trinajstić information content (AvgIpc) is 2.29. The van der Waals surface area contributed by atoms with Gasteiger partial charge in [0.05, 0.1) is 6.10 Å². The Bertz CT molecular complexity index is 362. The molecule has 0 saturated heterocycles. The maximum Gasteiger partial charge on any atom is 0.0809 e. The number of rotatable bonds is 4. The van der Waals surface area contributed by atoms with Crippen LogP contribution in [0.5, 0.6) is 0 Å². The zero-order valence-electron chi connectivity index (χ0n) is 9.16. The van der Waals surface area contributed by atoms with Crippen LogP contribution in [0.1, 0.15) is 31.4 Å². The number of benzene rings is 1. The molecule has 1 aromatic rings. The van der Waals surface area contributed by atoms with Crippen LogP contribution in [0.15, 0.2) is 29.2 Å². The van der Waals surface area contributed by atoms with Gasteiger partial charge in [-0.3, -0.25) is 0 Å². The molecule has 80 valence electrons. The molecule has 0 spiro atoms. The summed E-state index contributed by atoms with van der Waals surface area (Å²) in [4.78, 5) is 1.15. The second-order valence-electron chi connectivity index (χ2n) is 3.22. The van der Waals surface area contributed by atoms with Crippen LogP contribution in [0, 0.1) is 11.8 Å². The monoisotopic (exact) mass is 220 g/mol. The van der Waals surface area contributed by atoms with E-state index in [0.29, 0.717) is 6.42 Å². The van der Waals surface area contributed by atoms with Crippen molar-refractivity contribution in [1.29, 1.82) is 0 Å². The number of aliphatic hydroxyl groups is 1. The fraction of sp³-hybridized carbons (Fsp3) is 0.385. The Hall–Kier alpha value is -0.910. The lowest BCUT2D eigenvalue weighted by Crippen LogP contribution is -1.98. The van der Waals surface area contributed by atoms with Crippen molar-refractivity contribution < 1.29 is 5.11 Å². The summed E-state index contributed by atoms with van der Waals surface area (Å²) in [5.74, 6) is 5.81. The Kier molecular flexibility index (Phi) is 5.31. The second kappa shape index (κ2) is 6.55. The number of thioether (sulfide) groups is 1. The summed E-state index contributed by atoms with van der Waals surface area (Å²) in [5, 5.41) is 9.98. The fourth-order valence-electron chi connectivity index (χ4n) is 1.43. The average molecular weight is 220 g/mol. The number of aliphatic hydroxyl groups excluding tert-OH is 1. The van der Waals surface area contributed by atoms with Crippen molar-refractivity contribution in [2.24, 2.45) is 0 Å². The third kappa shape index (κ3) is 3.62. The number of hydrogen-bond donors (Lipinski definition) is 1. The van der Waals surface area contributed by atoms with E-state index < -0.39 is 6.10 Å². The normalized spacial score (nSPS) is 11.7. The van der Waals surface area contributed by atoms with E-state index in [2.05, 4.69) is 11.8 Å². The van der Waals surface area contributed by atoms with Gasteiger partial charge in [-0.05, 0) is 31.2 Å². The van der Waals surface area contributed by atoms with Gasteiger partial charge in [0, 0.05) is 11.3 Å². The highest BCUT2D eigenvalue weighted by Gasteiger charge is 2.10. The quantitative estimate of drug-likeness (QED) is 0.621. The van der Waals surface area contributed by atoms with Gasteiger partial charge in [0.15, 0.2) is 0 Å². The zero-order chi connectivity index (χ0) is 11.1. The first-order valence-corrected chi connectivity index (χ1v) is 6.22. The molecule has 15 heavy (non-hydrogen) atoms. The van der Waals surface area contributed by atoms with Gasteiger partial charge in [-0.2, -0.15) is 0 Å². The summed E-state index contributed by atoms with van der Waals surface area (Å²) in [7, 11) is 0. The molecule has 0 aliphatic heterocycles. The Morgan fingerprint density at radius 2 is 2.13 bits per heavy atom. The first-order chi connectivity index (χ1) is 7.29. The highest BCUT2D eigenvalue weighted by Crippen LogP contribution is 2.27. The molecule has 0 radical (unpaired) electrons. The van der Waals surface area contributed by atoms with Crippen molar-refractivity contribution in [3.63, 3.8) is 0 Å². The standard InChI is InChI=1S/C13H16OS/c1-3-4-5-9-12(14)11-8-6-7-10-13(11)15-2/h6-8,10,12,14H,5,9H2,1-2H3. The van der Waals surface area contributed by atoms with E-state index in [-0.39, 0.29) is 0 Å². The first-order valence-electron chi connectivity index (χ1n) is 5.00. The Morgan fingerprint density at radius 1 is 1.40 bits per heavy atom. The molecule has 0 saturated carbocycles. The molecule has 0 heterocycles. The third-order valence-electron chi connectivity index (χ3n) is 2.22. The molecule has 0 aliphatic carbocycles. The van der Waals surface area contributed by atoms with Gasteiger partial charge in [0.1, 0.15) is 0 Å². The van der Waals surface area contributed by atoms with Gasteiger partial charge in [-0.1, -0.05) is 18.2 Å². The van der Waals surface area contributed by atoms with E-state index >= 15 is 0 Å². The molecule has 2 heteroatoms. The lowest BCUT2D eigenvalue weighted by molar-refractivity contribution is 0.166. The molecule has 1 rings (SSSR count). The summed E-state index contributed by atoms with van der Waals surface area (Å²) in [5.41, 5.74) is 1.02. The molecule has 1 atom stereocenters. The van der Waals surface area contributed by atoms with Crippen LogP contribution in [-0.4, -0.2) is 11.4 Å². The van der Waals surface area contributed by atoms with Crippen molar-refractivity contribution in [1.82, 2.24) is 0 Å². The van der Waals surface area contributed by atoms with Gasteiger partial charge < -0.3 is 5.11 Å². The highest BCUT2D eigenvalue weighted by atomic mass is 32.2. The van der Waals surface area contributed by atoms with Crippen molar-refractivity contribution >= 4 is 11.8 Å². The minimum Gasteiger partial charge on any atom is -0.388 e. The van der Waals surface area contributed by atoms with E-state index in [1.807, 2.05) is 37.4 Å². The molecule has 1 N–H and O–H groups in total. The summed E-state index contributed by atoms with van der Waals surface area (Å²) in [6.45, 7) is 1.82. The maximum atomic E-state index is 9.98. The molecule has 0 amide bonds. The van der Waals surface area contributed by atoms with E-state index in [1.165, 1.54) is 0 Å². The highest BCUT2D eigenvalue weighted by molar-refractivity contribution is 7.98. The number of hydrogen-bond acceptors (Lipinski definition) is 2. The summed E-state index contributed by atoms with van der Waals surface area (Å²) in [6.07, 6.45) is 3.09. The lowest BCUT2D eigenvalue weighted by atomic mass is 10.1. The molecule has 0 aliphatic rings. The van der Waals surface area contributed by atoms with Crippen LogP contribution in [0.25, 0.3) is 0 Å². The van der Waals surface area contributed by atoms with Gasteiger partial charge in [0.25, 0.3) is 0 Å². The molecular weight excluding hydrogens is 204 g/mol. The Balaban J connectivity index is 2.70. The lowest BCUT2D eigenvalue weighted by Gasteiger charge is -2.12. The van der Waals surface area contributed by atoms with Crippen LogP contribution in [0.4, 0.5) is 0 Å². The van der Waals surface area contributed by atoms with Crippen molar-refractivity contribution in [2.75, 3.05) is 6.26 Å². The molecule has 1 aromatic carbocycles. The van der Waals surface area contributed by atoms with Crippen LogP contribution in [0.3, 0.4) is 0 Å². The Labute approximate surface area is 95.9 Å². The molecule has 0 aromatic heterocycles. The Morgan fingerprint density at radius 3 is 2.80 bits per heavy atom. The molecule has 0 fully saturated rings. The maximum absolute atomic E-state index is 9.98. The SMILES string of the molecule is CC#CCCC(O)c1ccccc1SC. The van der Waals surface area contributed by atoms with Crippen LogP contribution < -0.4 is 0 Å². The smallest absolute Gasteiger partial charge is 0.0809 e. The van der Waals surface area contributed by atoms with Gasteiger partial charge in [-0.15, -0.1) is 23.6 Å². The van der Waals surface area contributed by atoms with Crippen LogP contribution in [-0.2, 0) is 0 Å². The minimum absolute atomic E-state index is 0.394. The molecule has 1 nitrogen and oxygen atoms in total. The molecular formula is C13H16OS. The summed E-state index contributed by atoms with van der Waals surface area (Å²) < 4.78 is 0. The van der Waals surface area contributed by atoms with E-state index in [4.69, 9.17) is 0 Å². The molecule has 0 bridgehead atoms. The van der Waals surface area contributed by atoms with Crippen molar-refractivity contribution in [3.05, 3.63) is 29.8 Å². The van der Waals surface area contributed by atoms with Gasteiger partial charge in [0.2, 0.25) is 0 Å². The van der Waals surface area contributed by atoms with Gasteiger partial charge in [-0.25, -0.2) is 0 Å². The zero-order valence-corrected chi connectivity index (χ0v) is 9.97. The van der Waals surface area contributed by atoms with Gasteiger partial charge >= 0.3 is 0 Å². The first kappa shape index (κ1) is 12.2. The topological polar surface area (TPSA) is 20.2 Å². The van der Waals surface area contributed by atoms with E-state index in [1.54, 1.807) is 11.8 Å². The third-order valence-corrected chi connectivity index (χ3v) is 3.03. The largest absolute Gasteiger partial charge is 0.388 e. The van der Waals surface area contributed by atoms with E-state index in [9.17, 15) is 5.11 Å². The fourth-order valence-corrected chi connectivity index (χ4v) is 2.09. The minimum atomic E-state index is -0.394. The van der Waals surface area contributed by atoms with Crippen LogP contribution in [0.2, 0.25) is 0 Å². The predicted octanol–water partition coefficient (Wildman–Crippen LogP) is 3.25. The summed E-state index contributed by atoms with van der Waals surface area (Å²) in [6, 6.07) is 7.97. The summed E-state index contributed by atoms with van der Waals surface area (Å²) >= 11 is 1.67.